The van der Waals surface area contributed by atoms with Gasteiger partial charge in [0.15, 0.2) is 0 Å². The van der Waals surface area contributed by atoms with Crippen LogP contribution in [-0.2, 0) is 16.0 Å². The monoisotopic (exact) mass is 389 g/mol. The van der Waals surface area contributed by atoms with Gasteiger partial charge in [0, 0.05) is 22.9 Å². The summed E-state index contributed by atoms with van der Waals surface area (Å²) in [5, 5.41) is 16.6. The van der Waals surface area contributed by atoms with Crippen LogP contribution in [0.25, 0.3) is 5.69 Å². The highest BCUT2D eigenvalue weighted by Crippen LogP contribution is 2.47. The van der Waals surface area contributed by atoms with Gasteiger partial charge >= 0.3 is 5.97 Å². The van der Waals surface area contributed by atoms with Crippen LogP contribution in [0.1, 0.15) is 34.9 Å². The summed E-state index contributed by atoms with van der Waals surface area (Å²) in [4.78, 5) is 23.8. The number of hydrogen-bond acceptors (Lipinski definition) is 3. The predicted molar refractivity (Wildman–Crippen MR) is 110 cm³/mol. The summed E-state index contributed by atoms with van der Waals surface area (Å²) in [5.74, 6) is -0.573. The van der Waals surface area contributed by atoms with Crippen LogP contribution in [0.3, 0.4) is 0 Å². The first-order valence-electron chi connectivity index (χ1n) is 9.67. The number of carboxylic acid groups (broad SMARTS) is 1. The number of amides is 1. The molecule has 1 aliphatic carbocycles. The molecule has 1 aromatic heterocycles. The van der Waals surface area contributed by atoms with E-state index in [0.717, 1.165) is 23.4 Å². The fraction of sp³-hybridized carbons (Fsp3) is 0.261. The maximum Gasteiger partial charge on any atom is 0.307 e. The molecule has 4 rings (SSSR count). The number of rotatable bonds is 6. The molecular formula is C23H23N3O3. The van der Waals surface area contributed by atoms with Gasteiger partial charge in [0.25, 0.3) is 0 Å². The smallest absolute Gasteiger partial charge is 0.307 e. The van der Waals surface area contributed by atoms with E-state index >= 15 is 0 Å². The summed E-state index contributed by atoms with van der Waals surface area (Å²) in [6.07, 6.45) is 0.808. The molecule has 3 aromatic rings. The number of carboxylic acids is 1. The van der Waals surface area contributed by atoms with E-state index in [4.69, 9.17) is 5.11 Å². The average Bonchev–Trinajstić information content (AvgIpc) is 3.46. The Kier molecular flexibility index (Phi) is 4.92. The molecule has 148 valence electrons. The molecule has 29 heavy (non-hydrogen) atoms. The molecule has 1 amide bonds. The summed E-state index contributed by atoms with van der Waals surface area (Å²) in [7, 11) is 0. The number of carbonyl (C=O) groups is 2. The molecule has 2 atom stereocenters. The van der Waals surface area contributed by atoms with Crippen molar-refractivity contribution in [3.63, 3.8) is 0 Å². The molecule has 2 N–H and O–H groups in total. The van der Waals surface area contributed by atoms with Gasteiger partial charge < -0.3 is 10.4 Å². The molecule has 0 spiro atoms. The van der Waals surface area contributed by atoms with Crippen molar-refractivity contribution in [3.8, 4) is 5.69 Å². The first kappa shape index (κ1) is 18.9. The van der Waals surface area contributed by atoms with Gasteiger partial charge in [-0.05, 0) is 49.9 Å². The molecule has 1 aliphatic rings. The third-order valence-electron chi connectivity index (χ3n) is 5.48. The van der Waals surface area contributed by atoms with Gasteiger partial charge in [-0.25, -0.2) is 4.68 Å². The molecule has 0 aliphatic heterocycles. The molecule has 0 bridgehead atoms. The van der Waals surface area contributed by atoms with Gasteiger partial charge in [-0.1, -0.05) is 36.4 Å². The van der Waals surface area contributed by atoms with Crippen LogP contribution in [-0.4, -0.2) is 26.8 Å². The second kappa shape index (κ2) is 7.54. The van der Waals surface area contributed by atoms with Gasteiger partial charge in [-0.2, -0.15) is 5.10 Å². The van der Waals surface area contributed by atoms with Crippen LogP contribution in [0, 0.1) is 19.8 Å². The molecule has 2 aromatic carbocycles. The second-order valence-electron chi connectivity index (χ2n) is 7.53. The largest absolute Gasteiger partial charge is 0.481 e. The Labute approximate surface area is 169 Å². The molecule has 1 unspecified atom stereocenters. The van der Waals surface area contributed by atoms with Gasteiger partial charge in [-0.3, -0.25) is 9.59 Å². The SMILES string of the molecule is Cc1nn(-c2cccc(NC(=O)C3C[C@@H]3c3ccccc3)c2)c(C)c1CC(=O)O. The van der Waals surface area contributed by atoms with E-state index in [9.17, 15) is 9.59 Å². The van der Waals surface area contributed by atoms with Crippen molar-refractivity contribution in [2.45, 2.75) is 32.6 Å². The lowest BCUT2D eigenvalue weighted by atomic mass is 10.1. The highest BCUT2D eigenvalue weighted by atomic mass is 16.4. The second-order valence-corrected chi connectivity index (χ2v) is 7.53. The molecule has 0 radical (unpaired) electrons. The average molecular weight is 389 g/mol. The predicted octanol–water partition coefficient (Wildman–Crippen LogP) is 3.86. The number of aliphatic carboxylic acids is 1. The molecule has 1 heterocycles. The first-order chi connectivity index (χ1) is 13.9. The highest BCUT2D eigenvalue weighted by Gasteiger charge is 2.43. The summed E-state index contributed by atoms with van der Waals surface area (Å²) in [5.41, 5.74) is 4.90. The molecule has 6 heteroatoms. The summed E-state index contributed by atoms with van der Waals surface area (Å²) in [6.45, 7) is 3.67. The van der Waals surface area contributed by atoms with E-state index in [1.807, 2.05) is 56.3 Å². The molecule has 1 fully saturated rings. The first-order valence-corrected chi connectivity index (χ1v) is 9.67. The standard InChI is InChI=1S/C23H23N3O3/c1-14-19(13-22(27)28)15(2)26(25-14)18-10-6-9-17(11-18)24-23(29)21-12-20(21)16-7-4-3-5-8-16/h3-11,20-21H,12-13H2,1-2H3,(H,24,29)(H,27,28)/t20-,21?/m1/s1. The minimum absolute atomic E-state index is 0.00286. The highest BCUT2D eigenvalue weighted by molar-refractivity contribution is 5.95. The minimum atomic E-state index is -0.880. The summed E-state index contributed by atoms with van der Waals surface area (Å²) in [6, 6.07) is 17.6. The van der Waals surface area contributed by atoms with Gasteiger partial charge in [0.2, 0.25) is 5.91 Å². The van der Waals surface area contributed by atoms with Crippen molar-refractivity contribution in [3.05, 3.63) is 77.1 Å². The topological polar surface area (TPSA) is 84.2 Å². The Morgan fingerprint density at radius 1 is 1.14 bits per heavy atom. The Morgan fingerprint density at radius 3 is 2.62 bits per heavy atom. The maximum atomic E-state index is 12.7. The van der Waals surface area contributed by atoms with E-state index in [0.29, 0.717) is 11.4 Å². The van der Waals surface area contributed by atoms with Crippen LogP contribution in [0.15, 0.2) is 54.6 Å². The van der Waals surface area contributed by atoms with Crippen LogP contribution < -0.4 is 5.32 Å². The number of carbonyl (C=O) groups excluding carboxylic acids is 1. The third kappa shape index (κ3) is 3.92. The Morgan fingerprint density at radius 2 is 1.90 bits per heavy atom. The molecule has 6 nitrogen and oxygen atoms in total. The van der Waals surface area contributed by atoms with Gasteiger partial charge in [0.05, 0.1) is 17.8 Å². The van der Waals surface area contributed by atoms with Crippen molar-refractivity contribution >= 4 is 17.6 Å². The van der Waals surface area contributed by atoms with Crippen molar-refractivity contribution in [2.24, 2.45) is 5.92 Å². The Balaban J connectivity index is 1.50. The number of benzene rings is 2. The Hall–Kier alpha value is -3.41. The Bertz CT molecular complexity index is 1070. The van der Waals surface area contributed by atoms with Crippen molar-refractivity contribution in [1.29, 1.82) is 0 Å². The van der Waals surface area contributed by atoms with E-state index in [1.54, 1.807) is 4.68 Å². The zero-order valence-electron chi connectivity index (χ0n) is 16.4. The van der Waals surface area contributed by atoms with E-state index in [1.165, 1.54) is 5.56 Å². The number of anilines is 1. The normalized spacial score (nSPS) is 17.7. The van der Waals surface area contributed by atoms with Crippen molar-refractivity contribution in [2.75, 3.05) is 5.32 Å². The number of aromatic nitrogens is 2. The summed E-state index contributed by atoms with van der Waals surface area (Å²) < 4.78 is 1.73. The molecule has 1 saturated carbocycles. The van der Waals surface area contributed by atoms with Gasteiger partial charge in [0.1, 0.15) is 0 Å². The van der Waals surface area contributed by atoms with E-state index < -0.39 is 5.97 Å². The van der Waals surface area contributed by atoms with Crippen LogP contribution in [0.4, 0.5) is 5.69 Å². The fourth-order valence-corrected chi connectivity index (χ4v) is 3.84. The van der Waals surface area contributed by atoms with Crippen LogP contribution in [0.2, 0.25) is 0 Å². The van der Waals surface area contributed by atoms with Crippen molar-refractivity contribution in [1.82, 2.24) is 9.78 Å². The lowest BCUT2D eigenvalue weighted by Gasteiger charge is -2.09. The summed E-state index contributed by atoms with van der Waals surface area (Å²) >= 11 is 0. The van der Waals surface area contributed by atoms with E-state index in [-0.39, 0.29) is 24.2 Å². The lowest BCUT2D eigenvalue weighted by molar-refractivity contribution is -0.136. The number of nitrogens with one attached hydrogen (secondary N) is 1. The maximum absolute atomic E-state index is 12.7. The zero-order chi connectivity index (χ0) is 20.5. The fourth-order valence-electron chi connectivity index (χ4n) is 3.84. The number of nitrogens with zero attached hydrogens (tertiary/aromatic N) is 2. The quantitative estimate of drug-likeness (QED) is 0.670. The minimum Gasteiger partial charge on any atom is -0.481 e. The van der Waals surface area contributed by atoms with E-state index in [2.05, 4.69) is 22.5 Å². The number of hydrogen-bond donors (Lipinski definition) is 2. The molecule has 0 saturated heterocycles. The van der Waals surface area contributed by atoms with Crippen LogP contribution in [0.5, 0.6) is 0 Å². The lowest BCUT2D eigenvalue weighted by Crippen LogP contribution is -2.15. The van der Waals surface area contributed by atoms with Crippen molar-refractivity contribution < 1.29 is 14.7 Å². The third-order valence-corrected chi connectivity index (χ3v) is 5.48. The van der Waals surface area contributed by atoms with Gasteiger partial charge in [-0.15, -0.1) is 0 Å². The number of aryl methyl sites for hydroxylation is 1. The van der Waals surface area contributed by atoms with Crippen LogP contribution >= 0.6 is 0 Å². The molecular weight excluding hydrogens is 366 g/mol. The zero-order valence-corrected chi connectivity index (χ0v) is 16.4.